The molecule has 1 aromatic carbocycles. The molecule has 0 atom stereocenters. The molecule has 1 aromatic heterocycles. The van der Waals surface area contributed by atoms with Gasteiger partial charge in [0.1, 0.15) is 0 Å². The average Bonchev–Trinajstić information content (AvgIpc) is 2.92. The first-order valence-corrected chi connectivity index (χ1v) is 6.80. The van der Waals surface area contributed by atoms with E-state index in [0.29, 0.717) is 11.3 Å². The highest BCUT2D eigenvalue weighted by molar-refractivity contribution is 5.97. The van der Waals surface area contributed by atoms with Gasteiger partial charge >= 0.3 is 0 Å². The molecule has 2 aromatic rings. The topological polar surface area (TPSA) is 56.0 Å². The maximum atomic E-state index is 11.6. The molecule has 0 spiro atoms. The van der Waals surface area contributed by atoms with Crippen LogP contribution in [0.2, 0.25) is 0 Å². The number of primary amides is 1. The second kappa shape index (κ2) is 5.29. The monoisotopic (exact) mass is 264 g/mol. The number of carbonyl (C=O) groups is 1. The van der Waals surface area contributed by atoms with Crippen LogP contribution in [-0.2, 0) is 12.8 Å². The Hall–Kier alpha value is -2.42. The third-order valence-corrected chi connectivity index (χ3v) is 3.58. The van der Waals surface area contributed by atoms with Gasteiger partial charge in [0, 0.05) is 5.69 Å². The van der Waals surface area contributed by atoms with Crippen LogP contribution in [-0.4, -0.2) is 10.9 Å². The Balaban J connectivity index is 2.00. The molecule has 3 nitrogen and oxygen atoms in total. The highest BCUT2D eigenvalue weighted by Crippen LogP contribution is 2.23. The zero-order chi connectivity index (χ0) is 13.9. The molecule has 1 amide bonds. The summed E-state index contributed by atoms with van der Waals surface area (Å²) in [6, 6.07) is 11.8. The molecular formula is C17H16N2O. The van der Waals surface area contributed by atoms with Gasteiger partial charge in [-0.3, -0.25) is 9.78 Å². The predicted octanol–water partition coefficient (Wildman–Crippen LogP) is 2.84. The van der Waals surface area contributed by atoms with Crippen LogP contribution in [0.1, 0.15) is 39.3 Å². The van der Waals surface area contributed by atoms with Crippen molar-refractivity contribution in [2.75, 3.05) is 0 Å². The van der Waals surface area contributed by atoms with Crippen LogP contribution >= 0.6 is 0 Å². The first-order valence-electron chi connectivity index (χ1n) is 6.80. The van der Waals surface area contributed by atoms with Crippen molar-refractivity contribution in [2.24, 2.45) is 5.73 Å². The van der Waals surface area contributed by atoms with Crippen molar-refractivity contribution in [2.45, 2.75) is 19.3 Å². The zero-order valence-corrected chi connectivity index (χ0v) is 11.2. The lowest BCUT2D eigenvalue weighted by Gasteiger charge is -2.06. The van der Waals surface area contributed by atoms with E-state index < -0.39 is 5.91 Å². The normalized spacial score (nSPS) is 13.6. The Morgan fingerprint density at radius 3 is 2.70 bits per heavy atom. The lowest BCUT2D eigenvalue weighted by atomic mass is 10.1. The fourth-order valence-electron chi connectivity index (χ4n) is 2.55. The number of pyridine rings is 1. The van der Waals surface area contributed by atoms with Crippen LogP contribution in [0, 0.1) is 0 Å². The van der Waals surface area contributed by atoms with Gasteiger partial charge in [-0.15, -0.1) is 0 Å². The molecule has 3 heteroatoms. The van der Waals surface area contributed by atoms with Gasteiger partial charge in [0.2, 0.25) is 0 Å². The van der Waals surface area contributed by atoms with Crippen molar-refractivity contribution in [3.8, 4) is 0 Å². The Morgan fingerprint density at radius 1 is 1.15 bits per heavy atom. The van der Waals surface area contributed by atoms with Gasteiger partial charge in [-0.25, -0.2) is 0 Å². The number of carbonyl (C=O) groups excluding carboxylic acids is 1. The summed E-state index contributed by atoms with van der Waals surface area (Å²) < 4.78 is 0. The summed E-state index contributed by atoms with van der Waals surface area (Å²) in [4.78, 5) is 16.2. The largest absolute Gasteiger partial charge is 0.366 e. The number of hydrogen-bond donors (Lipinski definition) is 1. The SMILES string of the molecule is NC(=O)c1cc2c(nc1/C=C/c1ccccc1)CCC2. The van der Waals surface area contributed by atoms with Crippen molar-refractivity contribution in [3.63, 3.8) is 0 Å². The molecule has 2 N–H and O–H groups in total. The number of nitrogens with two attached hydrogens (primary N) is 1. The molecule has 1 aliphatic carbocycles. The Morgan fingerprint density at radius 2 is 1.95 bits per heavy atom. The van der Waals surface area contributed by atoms with Gasteiger partial charge in [-0.1, -0.05) is 36.4 Å². The fraction of sp³-hybridized carbons (Fsp3) is 0.176. The summed E-state index contributed by atoms with van der Waals surface area (Å²) in [5, 5.41) is 0. The zero-order valence-electron chi connectivity index (χ0n) is 11.2. The van der Waals surface area contributed by atoms with Gasteiger partial charge in [0.25, 0.3) is 5.91 Å². The molecule has 20 heavy (non-hydrogen) atoms. The van der Waals surface area contributed by atoms with Crippen molar-refractivity contribution in [1.29, 1.82) is 0 Å². The lowest BCUT2D eigenvalue weighted by Crippen LogP contribution is -2.14. The van der Waals surface area contributed by atoms with E-state index in [2.05, 4.69) is 4.98 Å². The standard InChI is InChI=1S/C17H16N2O/c18-17(20)14-11-13-7-4-8-15(13)19-16(14)10-9-12-5-2-1-3-6-12/h1-3,5-6,9-11H,4,7-8H2,(H2,18,20)/b10-9+. The van der Waals surface area contributed by atoms with Gasteiger partial charge in [-0.2, -0.15) is 0 Å². The van der Waals surface area contributed by atoms with Crippen LogP contribution in [0.25, 0.3) is 12.2 Å². The number of aryl methyl sites for hydroxylation is 2. The van der Waals surface area contributed by atoms with Crippen LogP contribution < -0.4 is 5.73 Å². The van der Waals surface area contributed by atoms with E-state index in [-0.39, 0.29) is 0 Å². The van der Waals surface area contributed by atoms with Crippen LogP contribution in [0.5, 0.6) is 0 Å². The summed E-state index contributed by atoms with van der Waals surface area (Å²) in [6.07, 6.45) is 6.91. The van der Waals surface area contributed by atoms with E-state index in [4.69, 9.17) is 5.73 Å². The number of rotatable bonds is 3. The molecular weight excluding hydrogens is 248 g/mol. The van der Waals surface area contributed by atoms with E-state index in [1.807, 2.05) is 48.6 Å². The van der Waals surface area contributed by atoms with Crippen molar-refractivity contribution >= 4 is 18.1 Å². The van der Waals surface area contributed by atoms with Crippen LogP contribution in [0.4, 0.5) is 0 Å². The second-order valence-corrected chi connectivity index (χ2v) is 4.99. The van der Waals surface area contributed by atoms with Gasteiger partial charge in [0.15, 0.2) is 0 Å². The Kier molecular flexibility index (Phi) is 3.33. The average molecular weight is 264 g/mol. The molecule has 0 aliphatic heterocycles. The quantitative estimate of drug-likeness (QED) is 0.926. The number of fused-ring (bicyclic) bond motifs is 1. The molecule has 1 aliphatic rings. The maximum Gasteiger partial charge on any atom is 0.250 e. The van der Waals surface area contributed by atoms with Crippen molar-refractivity contribution < 1.29 is 4.79 Å². The van der Waals surface area contributed by atoms with Gasteiger partial charge in [-0.05, 0) is 42.5 Å². The minimum Gasteiger partial charge on any atom is -0.366 e. The first-order chi connectivity index (χ1) is 9.74. The molecule has 0 saturated heterocycles. The molecule has 0 bridgehead atoms. The summed E-state index contributed by atoms with van der Waals surface area (Å²) in [7, 11) is 0. The summed E-state index contributed by atoms with van der Waals surface area (Å²) in [5.41, 5.74) is 9.98. The Labute approximate surface area is 118 Å². The molecule has 0 radical (unpaired) electrons. The summed E-state index contributed by atoms with van der Waals surface area (Å²) in [5.74, 6) is -0.417. The molecule has 0 saturated carbocycles. The number of amides is 1. The number of hydrogen-bond acceptors (Lipinski definition) is 2. The van der Waals surface area contributed by atoms with E-state index in [0.717, 1.165) is 36.1 Å². The third kappa shape index (κ3) is 2.48. The van der Waals surface area contributed by atoms with Crippen LogP contribution in [0.15, 0.2) is 36.4 Å². The van der Waals surface area contributed by atoms with Crippen molar-refractivity contribution in [1.82, 2.24) is 4.98 Å². The number of nitrogens with zero attached hydrogens (tertiary/aromatic N) is 1. The second-order valence-electron chi connectivity index (χ2n) is 4.99. The fourth-order valence-corrected chi connectivity index (χ4v) is 2.55. The first kappa shape index (κ1) is 12.6. The summed E-state index contributed by atoms with van der Waals surface area (Å²) in [6.45, 7) is 0. The molecule has 0 unspecified atom stereocenters. The minimum atomic E-state index is -0.417. The molecule has 0 fully saturated rings. The van der Waals surface area contributed by atoms with Gasteiger partial charge in [0.05, 0.1) is 11.3 Å². The maximum absolute atomic E-state index is 11.6. The molecule has 1 heterocycles. The molecule has 3 rings (SSSR count). The molecule has 100 valence electrons. The van der Waals surface area contributed by atoms with Crippen LogP contribution in [0.3, 0.4) is 0 Å². The lowest BCUT2D eigenvalue weighted by molar-refractivity contribution is 0.0999. The Bertz CT molecular complexity index is 675. The smallest absolute Gasteiger partial charge is 0.250 e. The van der Waals surface area contributed by atoms with E-state index in [9.17, 15) is 4.79 Å². The summed E-state index contributed by atoms with van der Waals surface area (Å²) >= 11 is 0. The van der Waals surface area contributed by atoms with E-state index >= 15 is 0 Å². The number of aromatic nitrogens is 1. The third-order valence-electron chi connectivity index (χ3n) is 3.58. The minimum absolute atomic E-state index is 0.417. The van der Waals surface area contributed by atoms with E-state index in [1.54, 1.807) is 0 Å². The van der Waals surface area contributed by atoms with Crippen molar-refractivity contribution in [3.05, 3.63) is 64.5 Å². The number of benzene rings is 1. The van der Waals surface area contributed by atoms with E-state index in [1.165, 1.54) is 0 Å². The highest BCUT2D eigenvalue weighted by Gasteiger charge is 2.17. The highest BCUT2D eigenvalue weighted by atomic mass is 16.1. The predicted molar refractivity (Wildman–Crippen MR) is 80.1 cm³/mol. The van der Waals surface area contributed by atoms with Gasteiger partial charge < -0.3 is 5.73 Å².